The largest absolute Gasteiger partial charge is 0.315 e. The summed E-state index contributed by atoms with van der Waals surface area (Å²) in [5.41, 5.74) is 1.76. The molecule has 8 heteroatoms. The van der Waals surface area contributed by atoms with Gasteiger partial charge in [0.15, 0.2) is 5.13 Å². The fourth-order valence-corrected chi connectivity index (χ4v) is 3.23. The lowest BCUT2D eigenvalue weighted by Crippen LogP contribution is -2.27. The van der Waals surface area contributed by atoms with Crippen LogP contribution < -0.4 is 15.1 Å². The SMILES string of the molecule is CCN(C(C)=O)c1nc(CNCc2csc(=O)[nH]2)cs1. The Balaban J connectivity index is 1.89. The van der Waals surface area contributed by atoms with Crippen molar-refractivity contribution in [3.8, 4) is 0 Å². The number of amides is 1. The Kier molecular flexibility index (Phi) is 5.05. The first-order valence-electron chi connectivity index (χ1n) is 6.20. The van der Waals surface area contributed by atoms with E-state index < -0.39 is 0 Å². The highest BCUT2D eigenvalue weighted by atomic mass is 32.1. The van der Waals surface area contributed by atoms with E-state index >= 15 is 0 Å². The summed E-state index contributed by atoms with van der Waals surface area (Å²) in [4.78, 5) is 31.2. The highest BCUT2D eigenvalue weighted by Crippen LogP contribution is 2.20. The minimum atomic E-state index is -0.0437. The van der Waals surface area contributed by atoms with Crippen LogP contribution in [0.15, 0.2) is 15.6 Å². The number of aromatic amines is 1. The van der Waals surface area contributed by atoms with E-state index in [1.807, 2.05) is 12.3 Å². The molecule has 0 aliphatic carbocycles. The number of anilines is 1. The van der Waals surface area contributed by atoms with Crippen molar-refractivity contribution in [3.05, 3.63) is 31.8 Å². The third-order valence-corrected chi connectivity index (χ3v) is 4.29. The van der Waals surface area contributed by atoms with Crippen molar-refractivity contribution in [2.45, 2.75) is 26.9 Å². The maximum absolute atomic E-state index is 11.4. The molecule has 6 nitrogen and oxygen atoms in total. The lowest BCUT2D eigenvalue weighted by atomic mass is 10.4. The van der Waals surface area contributed by atoms with Crippen molar-refractivity contribution in [1.82, 2.24) is 15.3 Å². The molecular formula is C12H16N4O2S2. The minimum Gasteiger partial charge on any atom is -0.315 e. The van der Waals surface area contributed by atoms with Gasteiger partial charge in [0.1, 0.15) is 0 Å². The van der Waals surface area contributed by atoms with Crippen molar-refractivity contribution in [3.63, 3.8) is 0 Å². The summed E-state index contributed by atoms with van der Waals surface area (Å²) in [5, 5.41) is 7.67. The van der Waals surface area contributed by atoms with Crippen molar-refractivity contribution < 1.29 is 4.79 Å². The van der Waals surface area contributed by atoms with Crippen LogP contribution in [0.5, 0.6) is 0 Å². The van der Waals surface area contributed by atoms with Gasteiger partial charge in [-0.2, -0.15) is 0 Å². The summed E-state index contributed by atoms with van der Waals surface area (Å²) in [6.45, 7) is 5.27. The molecule has 2 rings (SSSR count). The van der Waals surface area contributed by atoms with Gasteiger partial charge in [0.25, 0.3) is 0 Å². The van der Waals surface area contributed by atoms with Gasteiger partial charge in [0, 0.05) is 43.0 Å². The Labute approximate surface area is 124 Å². The molecule has 0 saturated carbocycles. The van der Waals surface area contributed by atoms with Gasteiger partial charge < -0.3 is 10.3 Å². The quantitative estimate of drug-likeness (QED) is 0.848. The molecule has 0 unspecified atom stereocenters. The first kappa shape index (κ1) is 14.9. The van der Waals surface area contributed by atoms with Gasteiger partial charge in [-0.1, -0.05) is 11.3 Å². The Hall–Kier alpha value is -1.51. The second-order valence-electron chi connectivity index (χ2n) is 4.16. The Bertz CT molecular complexity index is 631. The third kappa shape index (κ3) is 3.75. The number of hydrogen-bond donors (Lipinski definition) is 2. The first-order chi connectivity index (χ1) is 9.60. The van der Waals surface area contributed by atoms with E-state index in [2.05, 4.69) is 15.3 Å². The molecule has 20 heavy (non-hydrogen) atoms. The van der Waals surface area contributed by atoms with Crippen molar-refractivity contribution in [2.24, 2.45) is 0 Å². The Morgan fingerprint density at radius 1 is 1.40 bits per heavy atom. The summed E-state index contributed by atoms with van der Waals surface area (Å²) >= 11 is 2.62. The van der Waals surface area contributed by atoms with Crippen molar-refractivity contribution >= 4 is 33.7 Å². The van der Waals surface area contributed by atoms with Crippen LogP contribution >= 0.6 is 22.7 Å². The molecule has 2 aromatic rings. The van der Waals surface area contributed by atoms with Gasteiger partial charge in [-0.25, -0.2) is 4.98 Å². The molecule has 0 aliphatic rings. The number of aromatic nitrogens is 2. The van der Waals surface area contributed by atoms with Gasteiger partial charge in [-0.15, -0.1) is 11.3 Å². The first-order valence-corrected chi connectivity index (χ1v) is 7.96. The highest BCUT2D eigenvalue weighted by Gasteiger charge is 2.13. The molecular weight excluding hydrogens is 296 g/mol. The number of nitrogens with zero attached hydrogens (tertiary/aromatic N) is 2. The van der Waals surface area contributed by atoms with Crippen LogP contribution in [0.1, 0.15) is 25.2 Å². The molecule has 1 amide bonds. The maximum atomic E-state index is 11.4. The average molecular weight is 312 g/mol. The van der Waals surface area contributed by atoms with Crippen LogP contribution in [-0.2, 0) is 17.9 Å². The highest BCUT2D eigenvalue weighted by molar-refractivity contribution is 7.14. The van der Waals surface area contributed by atoms with Gasteiger partial charge in [-0.3, -0.25) is 14.5 Å². The van der Waals surface area contributed by atoms with E-state index in [9.17, 15) is 9.59 Å². The predicted molar refractivity (Wildman–Crippen MR) is 81.3 cm³/mol. The lowest BCUT2D eigenvalue weighted by molar-refractivity contribution is -0.116. The zero-order chi connectivity index (χ0) is 14.5. The predicted octanol–water partition coefficient (Wildman–Crippen LogP) is 1.56. The zero-order valence-corrected chi connectivity index (χ0v) is 12.9. The summed E-state index contributed by atoms with van der Waals surface area (Å²) < 4.78 is 0. The van der Waals surface area contributed by atoms with E-state index in [0.29, 0.717) is 19.6 Å². The molecule has 2 heterocycles. The minimum absolute atomic E-state index is 0.00259. The lowest BCUT2D eigenvalue weighted by Gasteiger charge is -2.14. The average Bonchev–Trinajstić information content (AvgIpc) is 3.00. The molecule has 0 fully saturated rings. The van der Waals surface area contributed by atoms with Crippen LogP contribution in [0, 0.1) is 0 Å². The monoisotopic (exact) mass is 312 g/mol. The van der Waals surface area contributed by atoms with Gasteiger partial charge >= 0.3 is 4.87 Å². The van der Waals surface area contributed by atoms with E-state index in [4.69, 9.17) is 0 Å². The Morgan fingerprint density at radius 2 is 2.20 bits per heavy atom. The Morgan fingerprint density at radius 3 is 2.80 bits per heavy atom. The van der Waals surface area contributed by atoms with Crippen molar-refractivity contribution in [1.29, 1.82) is 0 Å². The molecule has 2 aromatic heterocycles. The fraction of sp³-hybridized carbons (Fsp3) is 0.417. The van der Waals surface area contributed by atoms with Crippen LogP contribution in [0.3, 0.4) is 0 Å². The van der Waals surface area contributed by atoms with Gasteiger partial charge in [-0.05, 0) is 6.92 Å². The number of H-pyrrole nitrogens is 1. The summed E-state index contributed by atoms with van der Waals surface area (Å²) in [6.07, 6.45) is 0. The number of carbonyl (C=O) groups excluding carboxylic acids is 1. The second-order valence-corrected chi connectivity index (χ2v) is 5.84. The summed E-state index contributed by atoms with van der Waals surface area (Å²) in [6, 6.07) is 0. The van der Waals surface area contributed by atoms with Gasteiger partial charge in [0.2, 0.25) is 5.91 Å². The number of hydrogen-bond acceptors (Lipinski definition) is 6. The summed E-state index contributed by atoms with van der Waals surface area (Å²) in [5.74, 6) is -0.00259. The second kappa shape index (κ2) is 6.78. The van der Waals surface area contributed by atoms with Crippen molar-refractivity contribution in [2.75, 3.05) is 11.4 Å². The normalized spacial score (nSPS) is 10.7. The smallest absolute Gasteiger partial charge is 0.304 e. The van der Waals surface area contributed by atoms with E-state index in [1.165, 1.54) is 18.3 Å². The van der Waals surface area contributed by atoms with Crippen LogP contribution in [-0.4, -0.2) is 22.4 Å². The molecule has 0 saturated heterocycles. The molecule has 2 N–H and O–H groups in total. The van der Waals surface area contributed by atoms with Gasteiger partial charge in [0.05, 0.1) is 5.69 Å². The molecule has 0 aliphatic heterocycles. The molecule has 0 aromatic carbocycles. The molecule has 0 spiro atoms. The number of nitrogens with one attached hydrogen (secondary N) is 2. The molecule has 108 valence electrons. The van der Waals surface area contributed by atoms with Crippen LogP contribution in [0.4, 0.5) is 5.13 Å². The molecule has 0 atom stereocenters. The van der Waals surface area contributed by atoms with Crippen LogP contribution in [0.2, 0.25) is 0 Å². The third-order valence-electron chi connectivity index (χ3n) is 2.66. The number of rotatable bonds is 6. The van der Waals surface area contributed by atoms with Crippen LogP contribution in [0.25, 0.3) is 0 Å². The number of thiazole rings is 2. The molecule has 0 bridgehead atoms. The fourth-order valence-electron chi connectivity index (χ4n) is 1.72. The van der Waals surface area contributed by atoms with E-state index in [1.54, 1.807) is 10.3 Å². The van der Waals surface area contributed by atoms with E-state index in [0.717, 1.165) is 27.9 Å². The topological polar surface area (TPSA) is 78.1 Å². The van der Waals surface area contributed by atoms with E-state index in [-0.39, 0.29) is 10.8 Å². The zero-order valence-electron chi connectivity index (χ0n) is 11.3. The maximum Gasteiger partial charge on any atom is 0.304 e. The standard InChI is InChI=1S/C12H16N4O2S2/c1-3-16(8(2)17)11-14-9(6-19-11)4-13-5-10-7-20-12(18)15-10/h6-7,13H,3-5H2,1-2H3,(H,15,18). The molecule has 0 radical (unpaired) electrons. The summed E-state index contributed by atoms with van der Waals surface area (Å²) in [7, 11) is 0. The number of carbonyl (C=O) groups is 1.